The fourth-order valence-corrected chi connectivity index (χ4v) is 6.94. The van der Waals surface area contributed by atoms with Gasteiger partial charge in [-0.1, -0.05) is 102 Å². The predicted molar refractivity (Wildman–Crippen MR) is 353 cm³/mol. The topological polar surface area (TPSA) is 378 Å². The minimum atomic E-state index is -1.00. The van der Waals surface area contributed by atoms with Crippen LogP contribution in [-0.4, -0.2) is 103 Å². The molecule has 0 aliphatic carbocycles. The van der Waals surface area contributed by atoms with Crippen molar-refractivity contribution in [3.8, 4) is 12.1 Å². The Hall–Kier alpha value is -9.11. The van der Waals surface area contributed by atoms with Crippen molar-refractivity contribution in [2.24, 2.45) is 5.73 Å². The number of nitriles is 2. The summed E-state index contributed by atoms with van der Waals surface area (Å²) in [6, 6.07) is 36.7. The first-order valence-corrected chi connectivity index (χ1v) is 28.4. The Balaban J connectivity index is -0.00000104. The van der Waals surface area contributed by atoms with Gasteiger partial charge in [-0.05, 0) is 115 Å². The Morgan fingerprint density at radius 2 is 0.857 bits per heavy atom. The van der Waals surface area contributed by atoms with Gasteiger partial charge in [0.05, 0.1) is 52.2 Å². The maximum absolute atomic E-state index is 11.7. The zero-order chi connectivity index (χ0) is 70.4. The Kier molecular flexibility index (Phi) is 38.7. The Morgan fingerprint density at radius 1 is 0.582 bits per heavy atom. The summed E-state index contributed by atoms with van der Waals surface area (Å²) in [6.45, 7) is 31.9. The van der Waals surface area contributed by atoms with Gasteiger partial charge in [0.25, 0.3) is 22.7 Å². The minimum Gasteiger partial charge on any atom is -0.444 e. The molecule has 0 spiro atoms. The summed E-state index contributed by atoms with van der Waals surface area (Å²) in [5.74, 6) is 0. The molecule has 1 heterocycles. The molecule has 1 saturated heterocycles. The van der Waals surface area contributed by atoms with E-state index in [-0.39, 0.29) is 60.4 Å². The molecule has 24 nitrogen and oxygen atoms in total. The van der Waals surface area contributed by atoms with E-state index in [2.05, 4.69) is 30.6 Å². The minimum absolute atomic E-state index is 0. The number of alkyl halides is 1. The first-order valence-electron chi connectivity index (χ1n) is 29.1. The first-order chi connectivity index (χ1) is 42.1. The third kappa shape index (κ3) is 36.8. The maximum Gasteiger partial charge on any atom is 0.407 e. The first kappa shape index (κ1) is 84.0. The number of halogens is 1. The van der Waals surface area contributed by atoms with Crippen LogP contribution >= 0.6 is 0 Å². The fourth-order valence-electron chi connectivity index (χ4n) is 6.94. The number of aliphatic hydroxyl groups is 1. The quantitative estimate of drug-likeness (QED) is 0.0298. The maximum atomic E-state index is 11.7. The summed E-state index contributed by atoms with van der Waals surface area (Å²) in [5.41, 5.74) is 14.6. The van der Waals surface area contributed by atoms with Gasteiger partial charge in [0.2, 0.25) is 0 Å². The van der Waals surface area contributed by atoms with Crippen LogP contribution in [0.3, 0.4) is 0 Å². The summed E-state index contributed by atoms with van der Waals surface area (Å²) >= 11 is 0. The monoisotopic (exact) mass is 1270 g/mol. The molecule has 5 aromatic carbocycles. The van der Waals surface area contributed by atoms with Crippen LogP contribution in [0.25, 0.3) is 0 Å². The molecule has 1 aliphatic rings. The summed E-state index contributed by atoms with van der Waals surface area (Å²) < 4.78 is 30.8. The van der Waals surface area contributed by atoms with E-state index in [0.29, 0.717) is 19.6 Å². The number of non-ortho nitro benzene ring substituents is 4. The average molecular weight is 1270 g/mol. The molecule has 0 atom stereocenters. The number of nitrogen functional groups attached to an aromatic ring is 1. The number of hydrogen-bond donors (Lipinski definition) is 5. The second-order valence-electron chi connectivity index (χ2n) is 24.2. The summed E-state index contributed by atoms with van der Waals surface area (Å²) in [5, 5.41) is 71.9. The van der Waals surface area contributed by atoms with Gasteiger partial charge >= 0.3 is 12.2 Å². The molecular weight excluding hydrogens is 1170 g/mol. The van der Waals surface area contributed by atoms with Crippen molar-refractivity contribution in [3.63, 3.8) is 0 Å². The highest BCUT2D eigenvalue weighted by Crippen LogP contribution is 2.28. The van der Waals surface area contributed by atoms with Gasteiger partial charge < -0.3 is 41.4 Å². The number of nitrogens with one attached hydrogen (secondary N) is 2. The van der Waals surface area contributed by atoms with Crippen molar-refractivity contribution >= 4 is 49.0 Å². The van der Waals surface area contributed by atoms with Gasteiger partial charge in [0.1, 0.15) is 11.2 Å². The third-order valence-corrected chi connectivity index (χ3v) is 12.4. The molecule has 26 heteroatoms. The van der Waals surface area contributed by atoms with Crippen LogP contribution in [0.2, 0.25) is 0 Å². The van der Waals surface area contributed by atoms with Crippen LogP contribution in [0.15, 0.2) is 121 Å². The Bertz CT molecular complexity index is 3060. The van der Waals surface area contributed by atoms with E-state index < -0.39 is 55.7 Å². The molecule has 1 fully saturated rings. The summed E-state index contributed by atoms with van der Waals surface area (Å²) in [4.78, 5) is 63.2. The molecule has 497 valence electrons. The largest absolute Gasteiger partial charge is 0.444 e. The molecule has 3 radical (unpaired) electrons. The highest BCUT2D eigenvalue weighted by Gasteiger charge is 2.26. The number of benzene rings is 5. The van der Waals surface area contributed by atoms with Crippen LogP contribution < -0.4 is 22.1 Å². The molecule has 1 aliphatic heterocycles. The fraction of sp³-hybridized carbons (Fsp3) is 0.477. The molecular formula is C65H93BFN10O14. The number of nitrogens with zero attached hydrogens (tertiary/aromatic N) is 6. The van der Waals surface area contributed by atoms with Crippen molar-refractivity contribution in [2.75, 3.05) is 52.3 Å². The number of alkyl carbamates (subject to hydrolysis) is 2. The van der Waals surface area contributed by atoms with Crippen molar-refractivity contribution in [3.05, 3.63) is 190 Å². The van der Waals surface area contributed by atoms with Crippen LogP contribution in [-0.2, 0) is 42.3 Å². The normalized spacial score (nSPS) is 11.5. The van der Waals surface area contributed by atoms with Gasteiger partial charge in [-0.25, -0.2) is 9.59 Å². The van der Waals surface area contributed by atoms with Gasteiger partial charge in [0.15, 0.2) is 0 Å². The van der Waals surface area contributed by atoms with Crippen molar-refractivity contribution in [1.82, 2.24) is 10.6 Å². The number of nitro groups is 4. The van der Waals surface area contributed by atoms with Crippen LogP contribution in [0.1, 0.15) is 146 Å². The highest BCUT2D eigenvalue weighted by atomic mass is 19.1. The zero-order valence-corrected chi connectivity index (χ0v) is 55.2. The number of carbonyl (C=O) groups excluding carboxylic acids is 2. The molecule has 6 rings (SSSR count). The van der Waals surface area contributed by atoms with E-state index in [1.165, 1.54) is 61.4 Å². The smallest absolute Gasteiger partial charge is 0.407 e. The SMILES string of the molecule is C1CCOC1.CC(C)(C#N)c1ccc([N+](=O)[O-])cc1.CC(C)(C)OC(=O)NCC(C)(C)c1ccc(N)cc1.CC(C)(C)OC(=O)NCC(C)(C)c1ccc([N+](=O)[O-])cc1.CC(C)(CN)c1ccc([N+](=O)[O-])cc1.CCO.N#CCc1ccc([N+](=O)[O-])cc1.[2H]CF.[B]. The molecule has 0 bridgehead atoms. The van der Waals surface area contributed by atoms with E-state index in [1.807, 2.05) is 78.8 Å². The number of rotatable bonds is 14. The predicted octanol–water partition coefficient (Wildman–Crippen LogP) is 13.4. The number of carbonyl (C=O) groups is 2. The van der Waals surface area contributed by atoms with Gasteiger partial charge in [-0.2, -0.15) is 10.5 Å². The molecule has 0 saturated carbocycles. The molecule has 91 heavy (non-hydrogen) atoms. The lowest BCUT2D eigenvalue weighted by Gasteiger charge is -2.27. The summed E-state index contributed by atoms with van der Waals surface area (Å²) in [6.07, 6.45) is 1.98. The van der Waals surface area contributed by atoms with Gasteiger partial charge in [0, 0.05) is 118 Å². The second kappa shape index (κ2) is 42.0. The Labute approximate surface area is 538 Å². The van der Waals surface area contributed by atoms with Crippen molar-refractivity contribution in [1.29, 1.82) is 10.5 Å². The number of nitro benzene ring substituents is 4. The van der Waals surface area contributed by atoms with E-state index in [9.17, 15) is 54.4 Å². The van der Waals surface area contributed by atoms with Gasteiger partial charge in [-0.3, -0.25) is 44.8 Å². The number of hydrogen-bond acceptors (Lipinski definition) is 18. The lowest BCUT2D eigenvalue weighted by molar-refractivity contribution is -0.385. The number of ether oxygens (including phenoxy) is 3. The molecule has 0 aromatic heterocycles. The lowest BCUT2D eigenvalue weighted by atomic mass is 9.84. The van der Waals surface area contributed by atoms with E-state index in [1.54, 1.807) is 90.1 Å². The number of amides is 2. The van der Waals surface area contributed by atoms with Crippen molar-refractivity contribution in [2.45, 2.75) is 156 Å². The zero-order valence-electron chi connectivity index (χ0n) is 56.2. The molecule has 7 N–H and O–H groups in total. The van der Waals surface area contributed by atoms with Crippen LogP contribution in [0.5, 0.6) is 0 Å². The van der Waals surface area contributed by atoms with E-state index in [0.717, 1.165) is 46.7 Å². The number of anilines is 1. The third-order valence-electron chi connectivity index (χ3n) is 12.4. The van der Waals surface area contributed by atoms with E-state index in [4.69, 9.17) is 42.7 Å². The standard InChI is InChI=1S/C15H22N2O4.C15H24N2O2.C10H14N2O2.C10H10N2O2.C8H6N2O2.C4H8O.C2H6O.CH3F.B/c1-14(2,3)21-13(18)16-10-15(4,5)11-6-8-12(9-7-11)17(19)20;1-14(2,3)19-13(18)17-10-15(4,5)11-6-8-12(16)9-7-11;2*1-10(2,7-11)8-3-5-9(6-4-8)12(13)14;9-6-5-7-1-3-8(4-2-7)10(11)12;1-2-4-5-3-1;1-2-3;1-2;/h6-9H,10H2,1-5H3,(H,16,18);6-9H,10,16H2,1-5H3,(H,17,18);3-6H,7,11H2,1-2H3;3-6H,1-2H3;1-4H,5H2;1-4H2;3H,2H2,1H3;1H3;/i;;;;;;;1D;. The molecule has 2 amide bonds. The van der Waals surface area contributed by atoms with Crippen LogP contribution in [0.4, 0.5) is 42.4 Å². The van der Waals surface area contributed by atoms with Crippen molar-refractivity contribution < 1.29 is 54.4 Å². The average Bonchev–Trinajstić information content (AvgIpc) is 0.962. The van der Waals surface area contributed by atoms with E-state index >= 15 is 0 Å². The van der Waals surface area contributed by atoms with Crippen LogP contribution in [0, 0.1) is 63.1 Å². The Morgan fingerprint density at radius 3 is 1.10 bits per heavy atom. The number of aliphatic hydroxyl groups excluding tert-OH is 1. The number of nitrogens with two attached hydrogens (primary N) is 2. The highest BCUT2D eigenvalue weighted by molar-refractivity contribution is 5.75. The lowest BCUT2D eigenvalue weighted by Crippen LogP contribution is -2.39. The summed E-state index contributed by atoms with van der Waals surface area (Å²) in [7, 11) is -1.00. The second-order valence-corrected chi connectivity index (χ2v) is 24.2. The van der Waals surface area contributed by atoms with Gasteiger partial charge in [-0.15, -0.1) is 0 Å². The molecule has 5 aromatic rings. The molecule has 0 unspecified atom stereocenters.